The first-order valence-corrected chi connectivity index (χ1v) is 13.6. The molecule has 0 radical (unpaired) electrons. The van der Waals surface area contributed by atoms with E-state index in [1.807, 2.05) is 0 Å². The van der Waals surface area contributed by atoms with Crippen LogP contribution in [0, 0.1) is 5.41 Å². The Balaban J connectivity index is 5.43. The highest BCUT2D eigenvalue weighted by atomic mass is 35.5. The van der Waals surface area contributed by atoms with E-state index < -0.39 is 35.9 Å². The van der Waals surface area contributed by atoms with Gasteiger partial charge < -0.3 is 9.53 Å². The smallest absolute Gasteiger partial charge is 0.328 e. The van der Waals surface area contributed by atoms with Crippen LogP contribution in [-0.2, 0) is 23.5 Å². The number of rotatable bonds is 11. The zero-order valence-corrected chi connectivity index (χ0v) is 19.4. The fourth-order valence-corrected chi connectivity index (χ4v) is 4.51. The lowest BCUT2D eigenvalue weighted by atomic mass is 9.87. The molecule has 0 aromatic rings. The molecular weight excluding hydrogens is 396 g/mol. The molecule has 26 heavy (non-hydrogen) atoms. The summed E-state index contributed by atoms with van der Waals surface area (Å²) in [7, 11) is -5.90. The molecule has 0 heterocycles. The molecular formula is C17H33ClO6SSi. The number of aliphatic carboxylic acids is 1. The summed E-state index contributed by atoms with van der Waals surface area (Å²) in [6.07, 6.45) is 2.22. The predicted octanol–water partition coefficient (Wildman–Crippen LogP) is 4.02. The van der Waals surface area contributed by atoms with Gasteiger partial charge in [0.25, 0.3) is 10.1 Å². The van der Waals surface area contributed by atoms with Crippen molar-refractivity contribution in [3.63, 3.8) is 0 Å². The Labute approximate surface area is 164 Å². The maximum atomic E-state index is 11.9. The normalized spacial score (nSPS) is 15.4. The van der Waals surface area contributed by atoms with Crippen molar-refractivity contribution in [3.8, 4) is 0 Å². The Kier molecular flexibility index (Phi) is 9.53. The zero-order chi connectivity index (χ0) is 20.8. The predicted molar refractivity (Wildman–Crippen MR) is 108 cm³/mol. The quantitative estimate of drug-likeness (QED) is 0.231. The summed E-state index contributed by atoms with van der Waals surface area (Å²) in [5, 5.41) is 8.89. The van der Waals surface area contributed by atoms with Crippen molar-refractivity contribution in [3.05, 3.63) is 12.2 Å². The van der Waals surface area contributed by atoms with Crippen molar-refractivity contribution in [1.29, 1.82) is 0 Å². The van der Waals surface area contributed by atoms with Gasteiger partial charge in [0.2, 0.25) is 0 Å². The van der Waals surface area contributed by atoms with Gasteiger partial charge in [0, 0.05) is 17.4 Å². The molecule has 1 N–H and O–H groups in total. The molecule has 6 nitrogen and oxygen atoms in total. The summed E-state index contributed by atoms with van der Waals surface area (Å²) in [5.74, 6) is -0.990. The summed E-state index contributed by atoms with van der Waals surface area (Å²) in [4.78, 5) is 11.0. The summed E-state index contributed by atoms with van der Waals surface area (Å²) in [6.45, 7) is 13.8. The highest BCUT2D eigenvalue weighted by Crippen LogP contribution is 2.40. The monoisotopic (exact) mass is 428 g/mol. The number of carbonyl (C=O) groups is 1. The van der Waals surface area contributed by atoms with E-state index in [2.05, 4.69) is 33.9 Å². The van der Waals surface area contributed by atoms with Gasteiger partial charge >= 0.3 is 5.97 Å². The minimum absolute atomic E-state index is 0.0777. The van der Waals surface area contributed by atoms with Crippen LogP contribution in [0.5, 0.6) is 0 Å². The van der Waals surface area contributed by atoms with Gasteiger partial charge in [-0.15, -0.1) is 11.6 Å². The van der Waals surface area contributed by atoms with Gasteiger partial charge in [-0.25, -0.2) is 4.79 Å². The SMILES string of the molecule is CC(C)(COS(=O)(=O)CCCCl)[C@H](C=CC(=O)O)O[Si](C)(C)C(C)(C)C. The standard InChI is InChI=1S/C17H33ClO6SSi/c1-16(2,3)26(6,7)24-14(9-10-15(19)20)17(4,5)13-23-25(21,22)12-8-11-18/h9-10,14H,8,11-13H2,1-7H3,(H,19,20)/t14-/m0/s1. The molecule has 0 saturated carbocycles. The van der Waals surface area contributed by atoms with Crippen molar-refractivity contribution in [2.24, 2.45) is 5.41 Å². The highest BCUT2D eigenvalue weighted by molar-refractivity contribution is 7.86. The summed E-state index contributed by atoms with van der Waals surface area (Å²) in [5.41, 5.74) is -0.741. The maximum Gasteiger partial charge on any atom is 0.328 e. The van der Waals surface area contributed by atoms with Gasteiger partial charge in [-0.2, -0.15) is 8.42 Å². The largest absolute Gasteiger partial charge is 0.478 e. The van der Waals surface area contributed by atoms with E-state index in [9.17, 15) is 13.2 Å². The average Bonchev–Trinajstić information content (AvgIpc) is 2.46. The zero-order valence-electron chi connectivity index (χ0n) is 16.8. The average molecular weight is 429 g/mol. The molecule has 1 atom stereocenters. The third kappa shape index (κ3) is 8.99. The van der Waals surface area contributed by atoms with Crippen molar-refractivity contribution < 1.29 is 26.9 Å². The topological polar surface area (TPSA) is 89.9 Å². The Morgan fingerprint density at radius 3 is 2.19 bits per heavy atom. The summed E-state index contributed by atoms with van der Waals surface area (Å²) < 4.78 is 35.4. The third-order valence-electron chi connectivity index (χ3n) is 4.55. The minimum atomic E-state index is -3.68. The number of alkyl halides is 1. The first-order chi connectivity index (χ1) is 11.5. The molecule has 9 heteroatoms. The van der Waals surface area contributed by atoms with Crippen LogP contribution in [0.4, 0.5) is 0 Å². The molecule has 0 spiro atoms. The van der Waals surface area contributed by atoms with Crippen LogP contribution >= 0.6 is 11.6 Å². The first kappa shape index (κ1) is 25.6. The van der Waals surface area contributed by atoms with Gasteiger partial charge in [-0.3, -0.25) is 4.18 Å². The van der Waals surface area contributed by atoms with Gasteiger partial charge in [0.05, 0.1) is 18.5 Å². The molecule has 0 unspecified atom stereocenters. The van der Waals surface area contributed by atoms with Crippen LogP contribution < -0.4 is 0 Å². The Morgan fingerprint density at radius 2 is 1.77 bits per heavy atom. The molecule has 0 amide bonds. The van der Waals surface area contributed by atoms with Gasteiger partial charge in [0.1, 0.15) is 0 Å². The molecule has 0 aromatic carbocycles. The molecule has 0 aliphatic heterocycles. The van der Waals surface area contributed by atoms with E-state index in [4.69, 9.17) is 25.3 Å². The molecule has 0 saturated heterocycles. The van der Waals surface area contributed by atoms with Crippen LogP contribution in [0.2, 0.25) is 18.1 Å². The second kappa shape index (κ2) is 9.68. The first-order valence-electron chi connectivity index (χ1n) is 8.56. The van der Waals surface area contributed by atoms with Crippen LogP contribution in [0.3, 0.4) is 0 Å². The third-order valence-corrected chi connectivity index (χ3v) is 10.5. The Morgan fingerprint density at radius 1 is 1.23 bits per heavy atom. The molecule has 0 bridgehead atoms. The van der Waals surface area contributed by atoms with Gasteiger partial charge in [-0.1, -0.05) is 34.6 Å². The van der Waals surface area contributed by atoms with E-state index in [-0.39, 0.29) is 23.3 Å². The number of hydrogen-bond donors (Lipinski definition) is 1. The lowest BCUT2D eigenvalue weighted by Gasteiger charge is -2.43. The Hall–Kier alpha value is -0.413. The molecule has 0 aromatic heterocycles. The number of carboxylic acids is 1. The molecule has 0 aliphatic rings. The van der Waals surface area contributed by atoms with Crippen molar-refractivity contribution in [2.75, 3.05) is 18.2 Å². The van der Waals surface area contributed by atoms with Gasteiger partial charge in [-0.05, 0) is 30.6 Å². The summed E-state index contributed by atoms with van der Waals surface area (Å²) >= 11 is 5.53. The van der Waals surface area contributed by atoms with Crippen molar-refractivity contribution in [1.82, 2.24) is 0 Å². The second-order valence-corrected chi connectivity index (χ2v) is 15.4. The Bertz CT molecular complexity index is 593. The highest BCUT2D eigenvalue weighted by Gasteiger charge is 2.42. The van der Waals surface area contributed by atoms with Gasteiger partial charge in [0.15, 0.2) is 8.32 Å². The number of carboxylic acid groups (broad SMARTS) is 1. The molecule has 0 rings (SSSR count). The van der Waals surface area contributed by atoms with Crippen LogP contribution in [0.1, 0.15) is 41.0 Å². The van der Waals surface area contributed by atoms with E-state index in [0.717, 1.165) is 6.08 Å². The van der Waals surface area contributed by atoms with Crippen LogP contribution in [0.25, 0.3) is 0 Å². The molecule has 0 fully saturated rings. The lowest BCUT2D eigenvalue weighted by molar-refractivity contribution is -0.131. The van der Waals surface area contributed by atoms with Crippen LogP contribution in [0.15, 0.2) is 12.2 Å². The lowest BCUT2D eigenvalue weighted by Crippen LogP contribution is -2.48. The fourth-order valence-electron chi connectivity index (χ4n) is 1.74. The van der Waals surface area contributed by atoms with E-state index in [0.29, 0.717) is 6.42 Å². The van der Waals surface area contributed by atoms with Crippen LogP contribution in [-0.4, -0.2) is 52.2 Å². The fraction of sp³-hybridized carbons (Fsp3) is 0.824. The second-order valence-electron chi connectivity index (χ2n) is 8.55. The van der Waals surface area contributed by atoms with Crippen molar-refractivity contribution >= 4 is 36.0 Å². The molecule has 154 valence electrons. The number of hydrogen-bond acceptors (Lipinski definition) is 5. The maximum absolute atomic E-state index is 11.9. The summed E-state index contributed by atoms with van der Waals surface area (Å²) in [6, 6.07) is 0. The molecule has 0 aliphatic carbocycles. The van der Waals surface area contributed by atoms with E-state index >= 15 is 0 Å². The van der Waals surface area contributed by atoms with E-state index in [1.54, 1.807) is 13.8 Å². The van der Waals surface area contributed by atoms with E-state index in [1.165, 1.54) is 6.08 Å². The number of halogens is 1. The van der Waals surface area contributed by atoms with Crippen molar-refractivity contribution in [2.45, 2.75) is 65.3 Å². The minimum Gasteiger partial charge on any atom is -0.478 e.